The van der Waals surface area contributed by atoms with Gasteiger partial charge < -0.3 is 10.6 Å². The number of alkyl halides is 2. The van der Waals surface area contributed by atoms with E-state index in [2.05, 4.69) is 30.1 Å². The normalized spacial score (nSPS) is 16.5. The number of nitrogens with two attached hydrogens (primary N) is 1. The van der Waals surface area contributed by atoms with E-state index < -0.39 is 5.92 Å². The minimum Gasteiger partial charge on any atom is -0.362 e. The third-order valence-electron chi connectivity index (χ3n) is 5.14. The Bertz CT molecular complexity index is 1020. The smallest absolute Gasteiger partial charge is 0.251 e. The van der Waals surface area contributed by atoms with Crippen LogP contribution in [0.5, 0.6) is 0 Å². The standard InChI is InChI=1S/C21H21F2N3S2/c1-13-8-15(9-16-10-17(11-24)28-19(13)16)18-3-2-14(12-25-18)20(27)26-6-4-21(22,23)5-7-26/h2-3,8-10,12H,4-7,11,24H2,1H3. The van der Waals surface area contributed by atoms with Crippen molar-refractivity contribution in [2.24, 2.45) is 5.73 Å². The van der Waals surface area contributed by atoms with Gasteiger partial charge in [-0.25, -0.2) is 8.78 Å². The van der Waals surface area contributed by atoms with Crippen LogP contribution in [0.2, 0.25) is 0 Å². The summed E-state index contributed by atoms with van der Waals surface area (Å²) in [7, 11) is 0. The molecule has 1 aromatic carbocycles. The number of piperidine rings is 1. The average molecular weight is 418 g/mol. The highest BCUT2D eigenvalue weighted by Crippen LogP contribution is 2.33. The summed E-state index contributed by atoms with van der Waals surface area (Å²) in [5.41, 5.74) is 9.68. The van der Waals surface area contributed by atoms with Gasteiger partial charge in [-0.3, -0.25) is 4.98 Å². The highest BCUT2D eigenvalue weighted by Gasteiger charge is 2.34. The fraction of sp³-hybridized carbons (Fsp3) is 0.333. The number of hydrogen-bond donors (Lipinski definition) is 1. The van der Waals surface area contributed by atoms with Gasteiger partial charge in [0.05, 0.1) is 5.69 Å². The molecule has 28 heavy (non-hydrogen) atoms. The van der Waals surface area contributed by atoms with Crippen molar-refractivity contribution >= 4 is 38.6 Å². The lowest BCUT2D eigenvalue weighted by Crippen LogP contribution is -2.42. The molecule has 1 fully saturated rings. The molecule has 0 unspecified atom stereocenters. The molecule has 0 amide bonds. The van der Waals surface area contributed by atoms with E-state index in [0.29, 0.717) is 11.5 Å². The van der Waals surface area contributed by atoms with Gasteiger partial charge in [-0.1, -0.05) is 12.2 Å². The molecule has 0 aliphatic carbocycles. The van der Waals surface area contributed by atoms with E-state index in [1.54, 1.807) is 17.5 Å². The quantitative estimate of drug-likeness (QED) is 0.600. The second kappa shape index (κ2) is 7.46. The number of hydrogen-bond acceptors (Lipinski definition) is 4. The Labute approximate surface area is 172 Å². The number of benzene rings is 1. The number of aryl methyl sites for hydroxylation is 1. The summed E-state index contributed by atoms with van der Waals surface area (Å²) in [5, 5.41) is 1.18. The number of thiophene rings is 1. The summed E-state index contributed by atoms with van der Waals surface area (Å²) in [6, 6.07) is 10.3. The molecule has 4 rings (SSSR count). The first-order valence-corrected chi connectivity index (χ1v) is 10.5. The molecule has 1 aliphatic heterocycles. The number of thiocarbonyl (C=S) groups is 1. The van der Waals surface area contributed by atoms with Gasteiger partial charge in [-0.2, -0.15) is 0 Å². The number of pyridine rings is 1. The Morgan fingerprint density at radius 1 is 1.25 bits per heavy atom. The van der Waals surface area contributed by atoms with Crippen LogP contribution in [0.3, 0.4) is 0 Å². The second-order valence-electron chi connectivity index (χ2n) is 7.21. The maximum atomic E-state index is 13.4. The molecule has 3 nitrogen and oxygen atoms in total. The van der Waals surface area contributed by atoms with Crippen LogP contribution in [0.15, 0.2) is 36.5 Å². The molecule has 2 aromatic heterocycles. The Morgan fingerprint density at radius 2 is 2.00 bits per heavy atom. The average Bonchev–Trinajstić information content (AvgIpc) is 3.11. The van der Waals surface area contributed by atoms with Crippen LogP contribution < -0.4 is 5.73 Å². The number of likely N-dealkylation sites (tertiary alicyclic amines) is 1. The molecule has 3 aromatic rings. The van der Waals surface area contributed by atoms with Gasteiger partial charge in [-0.15, -0.1) is 11.3 Å². The van der Waals surface area contributed by atoms with Gasteiger partial charge >= 0.3 is 0 Å². The topological polar surface area (TPSA) is 42.2 Å². The molecule has 0 radical (unpaired) electrons. The van der Waals surface area contributed by atoms with Gasteiger partial charge in [-0.05, 0) is 48.2 Å². The molecule has 7 heteroatoms. The molecule has 1 saturated heterocycles. The molecule has 0 bridgehead atoms. The van der Waals surface area contributed by atoms with Gasteiger partial charge in [0.2, 0.25) is 0 Å². The Hall–Kier alpha value is -1.96. The predicted octanol–water partition coefficient (Wildman–Crippen LogP) is 5.14. The molecule has 1 aliphatic rings. The lowest BCUT2D eigenvalue weighted by Gasteiger charge is -2.33. The maximum absolute atomic E-state index is 13.4. The van der Waals surface area contributed by atoms with E-state index in [4.69, 9.17) is 18.0 Å². The van der Waals surface area contributed by atoms with Gasteiger partial charge in [0.15, 0.2) is 0 Å². The van der Waals surface area contributed by atoms with Crippen molar-refractivity contribution in [1.82, 2.24) is 9.88 Å². The first kappa shape index (κ1) is 19.4. The molecule has 146 valence electrons. The predicted molar refractivity (Wildman–Crippen MR) is 115 cm³/mol. The summed E-state index contributed by atoms with van der Waals surface area (Å²) < 4.78 is 28.0. The number of fused-ring (bicyclic) bond motifs is 1. The van der Waals surface area contributed by atoms with E-state index >= 15 is 0 Å². The second-order valence-corrected chi connectivity index (χ2v) is 8.73. The minimum atomic E-state index is -2.57. The Morgan fingerprint density at radius 3 is 2.64 bits per heavy atom. The zero-order valence-electron chi connectivity index (χ0n) is 15.5. The van der Waals surface area contributed by atoms with E-state index in [1.807, 2.05) is 17.0 Å². The van der Waals surface area contributed by atoms with Crippen molar-refractivity contribution in [3.05, 3.63) is 52.5 Å². The molecule has 2 N–H and O–H groups in total. The van der Waals surface area contributed by atoms with Crippen LogP contribution in [-0.2, 0) is 6.54 Å². The highest BCUT2D eigenvalue weighted by molar-refractivity contribution is 7.80. The SMILES string of the molecule is Cc1cc(-c2ccc(C(=S)N3CCC(F)(F)CC3)cn2)cc2cc(CN)sc12. The molecule has 3 heterocycles. The van der Waals surface area contributed by atoms with Crippen molar-refractivity contribution in [1.29, 1.82) is 0 Å². The summed E-state index contributed by atoms with van der Waals surface area (Å²) >= 11 is 7.23. The lowest BCUT2D eigenvalue weighted by atomic mass is 10.0. The first-order chi connectivity index (χ1) is 13.4. The molecular formula is C21H21F2N3S2. The van der Waals surface area contributed by atoms with Gasteiger partial charge in [0, 0.05) is 59.4 Å². The third-order valence-corrected chi connectivity index (χ3v) is 6.94. The van der Waals surface area contributed by atoms with Crippen molar-refractivity contribution < 1.29 is 8.78 Å². The van der Waals surface area contributed by atoms with Crippen molar-refractivity contribution in [2.75, 3.05) is 13.1 Å². The monoisotopic (exact) mass is 417 g/mol. The number of aromatic nitrogens is 1. The van der Waals surface area contributed by atoms with E-state index in [0.717, 1.165) is 21.7 Å². The number of halogens is 2. The summed E-state index contributed by atoms with van der Waals surface area (Å²) in [4.78, 5) is 8.18. The van der Waals surface area contributed by atoms with Crippen molar-refractivity contribution in [3.63, 3.8) is 0 Å². The van der Waals surface area contributed by atoms with Crippen LogP contribution in [-0.4, -0.2) is 33.9 Å². The summed E-state index contributed by atoms with van der Waals surface area (Å²) in [6.07, 6.45) is 1.44. The summed E-state index contributed by atoms with van der Waals surface area (Å²) in [5.74, 6) is -2.57. The maximum Gasteiger partial charge on any atom is 0.251 e. The Balaban J connectivity index is 1.56. The number of rotatable bonds is 3. The largest absolute Gasteiger partial charge is 0.362 e. The van der Waals surface area contributed by atoms with Gasteiger partial charge in [0.25, 0.3) is 5.92 Å². The lowest BCUT2D eigenvalue weighted by molar-refractivity contribution is -0.0430. The molecular weight excluding hydrogens is 396 g/mol. The van der Waals surface area contributed by atoms with Crippen LogP contribution in [0.4, 0.5) is 8.78 Å². The summed E-state index contributed by atoms with van der Waals surface area (Å²) in [6.45, 7) is 3.20. The molecule has 0 atom stereocenters. The fourth-order valence-electron chi connectivity index (χ4n) is 3.54. The van der Waals surface area contributed by atoms with Crippen molar-refractivity contribution in [2.45, 2.75) is 32.2 Å². The van der Waals surface area contributed by atoms with Crippen LogP contribution in [0.1, 0.15) is 28.8 Å². The van der Waals surface area contributed by atoms with Crippen molar-refractivity contribution in [3.8, 4) is 11.3 Å². The minimum absolute atomic E-state index is 0.149. The third kappa shape index (κ3) is 3.79. The number of nitrogens with zero attached hydrogens (tertiary/aromatic N) is 2. The fourth-order valence-corrected chi connectivity index (χ4v) is 4.83. The zero-order chi connectivity index (χ0) is 19.9. The highest BCUT2D eigenvalue weighted by atomic mass is 32.1. The van der Waals surface area contributed by atoms with E-state index in [9.17, 15) is 8.78 Å². The van der Waals surface area contributed by atoms with Crippen LogP contribution in [0, 0.1) is 6.92 Å². The van der Waals surface area contributed by atoms with Crippen LogP contribution in [0.25, 0.3) is 21.3 Å². The van der Waals surface area contributed by atoms with E-state index in [1.165, 1.54) is 15.6 Å². The van der Waals surface area contributed by atoms with Gasteiger partial charge in [0.1, 0.15) is 4.99 Å². The van der Waals surface area contributed by atoms with Crippen LogP contribution >= 0.6 is 23.6 Å². The Kier molecular flexibility index (Phi) is 5.16. The molecule has 0 spiro atoms. The van der Waals surface area contributed by atoms with E-state index in [-0.39, 0.29) is 25.9 Å². The first-order valence-electron chi connectivity index (χ1n) is 9.23. The molecule has 0 saturated carbocycles. The zero-order valence-corrected chi connectivity index (χ0v) is 17.2.